The number of aromatic nitrogens is 2. The summed E-state index contributed by atoms with van der Waals surface area (Å²) in [6.45, 7) is 5.57. The van der Waals surface area contributed by atoms with Crippen molar-refractivity contribution in [1.82, 2.24) is 20.4 Å². The first-order valence-electron chi connectivity index (χ1n) is 9.04. The number of hydrogen-bond donors (Lipinski definition) is 2. The number of halogens is 1. The first kappa shape index (κ1) is 21.3. The Morgan fingerprint density at radius 2 is 2.19 bits per heavy atom. The van der Waals surface area contributed by atoms with E-state index in [4.69, 9.17) is 4.74 Å². The molecule has 0 saturated carbocycles. The fourth-order valence-electron chi connectivity index (χ4n) is 3.25. The summed E-state index contributed by atoms with van der Waals surface area (Å²) in [5.41, 5.74) is 2.33. The third-order valence-electron chi connectivity index (χ3n) is 4.57. The number of nitrogens with one attached hydrogen (secondary N) is 2. The lowest BCUT2D eigenvalue weighted by Gasteiger charge is -2.22. The van der Waals surface area contributed by atoms with E-state index in [9.17, 15) is 0 Å². The first-order valence-corrected chi connectivity index (χ1v) is 9.04. The fourth-order valence-corrected chi connectivity index (χ4v) is 3.25. The van der Waals surface area contributed by atoms with Crippen LogP contribution >= 0.6 is 24.0 Å². The van der Waals surface area contributed by atoms with Crippen LogP contribution in [-0.4, -0.2) is 55.6 Å². The Balaban J connectivity index is 0.00000261. The number of rotatable bonds is 6. The molecule has 1 unspecified atom stereocenters. The molecule has 1 aliphatic rings. The van der Waals surface area contributed by atoms with E-state index in [2.05, 4.69) is 37.8 Å². The Hall–Kier alpha value is -1.97. The average molecular weight is 484 g/mol. The lowest BCUT2D eigenvalue weighted by molar-refractivity contribution is 0.415. The van der Waals surface area contributed by atoms with Crippen molar-refractivity contribution in [1.29, 1.82) is 0 Å². The SMILES string of the molecule is CN=C(NCCn1cc(C)cn1)NC1CCN(c2ccccc2OC)C1.I. The molecule has 2 heterocycles. The van der Waals surface area contributed by atoms with Crippen LogP contribution in [0.1, 0.15) is 12.0 Å². The van der Waals surface area contributed by atoms with Crippen molar-refractivity contribution in [2.75, 3.05) is 38.7 Å². The average Bonchev–Trinajstić information content (AvgIpc) is 3.29. The standard InChI is InChI=1S/C19H28N6O.HI/c1-15-12-22-25(13-15)11-9-21-19(20-2)23-16-8-10-24(14-16)17-6-4-5-7-18(17)26-3;/h4-7,12-13,16H,8-11,14H2,1-3H3,(H2,20,21,23);1H. The molecular formula is C19H29IN6O. The number of methoxy groups -OCH3 is 1. The Morgan fingerprint density at radius 1 is 1.37 bits per heavy atom. The predicted molar refractivity (Wildman–Crippen MR) is 120 cm³/mol. The van der Waals surface area contributed by atoms with Crippen LogP contribution in [0.25, 0.3) is 0 Å². The molecule has 0 bridgehead atoms. The summed E-state index contributed by atoms with van der Waals surface area (Å²) < 4.78 is 7.42. The highest BCUT2D eigenvalue weighted by Crippen LogP contribution is 2.30. The molecule has 1 aromatic heterocycles. The molecule has 148 valence electrons. The van der Waals surface area contributed by atoms with Crippen molar-refractivity contribution in [2.24, 2.45) is 4.99 Å². The summed E-state index contributed by atoms with van der Waals surface area (Å²) in [5, 5.41) is 11.2. The Bertz CT molecular complexity index is 747. The van der Waals surface area contributed by atoms with E-state index in [0.717, 1.165) is 50.0 Å². The Morgan fingerprint density at radius 3 is 2.89 bits per heavy atom. The smallest absolute Gasteiger partial charge is 0.191 e. The highest BCUT2D eigenvalue weighted by atomic mass is 127. The lowest BCUT2D eigenvalue weighted by Crippen LogP contribution is -2.45. The Kier molecular flexibility index (Phi) is 8.21. The molecule has 1 fully saturated rings. The zero-order valence-electron chi connectivity index (χ0n) is 16.2. The largest absolute Gasteiger partial charge is 0.495 e. The van der Waals surface area contributed by atoms with Crippen LogP contribution in [0.15, 0.2) is 41.7 Å². The summed E-state index contributed by atoms with van der Waals surface area (Å²) in [6, 6.07) is 8.53. The summed E-state index contributed by atoms with van der Waals surface area (Å²) >= 11 is 0. The molecule has 3 rings (SSSR count). The van der Waals surface area contributed by atoms with Gasteiger partial charge in [-0.3, -0.25) is 9.67 Å². The molecule has 0 amide bonds. The van der Waals surface area contributed by atoms with E-state index in [1.54, 1.807) is 14.2 Å². The fraction of sp³-hybridized carbons (Fsp3) is 0.474. The van der Waals surface area contributed by atoms with Gasteiger partial charge in [0.05, 0.1) is 25.5 Å². The molecular weight excluding hydrogens is 455 g/mol. The molecule has 1 aromatic carbocycles. The van der Waals surface area contributed by atoms with E-state index in [1.807, 2.05) is 36.1 Å². The van der Waals surface area contributed by atoms with Crippen molar-refractivity contribution < 1.29 is 4.74 Å². The molecule has 1 saturated heterocycles. The van der Waals surface area contributed by atoms with Crippen LogP contribution in [0.2, 0.25) is 0 Å². The monoisotopic (exact) mass is 484 g/mol. The van der Waals surface area contributed by atoms with Gasteiger partial charge in [-0.15, -0.1) is 24.0 Å². The van der Waals surface area contributed by atoms with E-state index in [-0.39, 0.29) is 24.0 Å². The van der Waals surface area contributed by atoms with Gasteiger partial charge in [-0.05, 0) is 31.0 Å². The van der Waals surface area contributed by atoms with Crippen LogP contribution in [0, 0.1) is 6.92 Å². The van der Waals surface area contributed by atoms with Gasteiger partial charge in [0.1, 0.15) is 5.75 Å². The van der Waals surface area contributed by atoms with Crippen LogP contribution in [0.5, 0.6) is 5.75 Å². The number of hydrogen-bond acceptors (Lipinski definition) is 4. The molecule has 1 atom stereocenters. The second-order valence-corrected chi connectivity index (χ2v) is 6.53. The lowest BCUT2D eigenvalue weighted by atomic mass is 10.2. The van der Waals surface area contributed by atoms with Gasteiger partial charge in [0.15, 0.2) is 5.96 Å². The van der Waals surface area contributed by atoms with E-state index in [0.29, 0.717) is 6.04 Å². The van der Waals surface area contributed by atoms with Gasteiger partial charge in [-0.25, -0.2) is 0 Å². The minimum absolute atomic E-state index is 0. The third-order valence-corrected chi connectivity index (χ3v) is 4.57. The number of nitrogens with zero attached hydrogens (tertiary/aromatic N) is 4. The van der Waals surface area contributed by atoms with Crippen molar-refractivity contribution in [3.63, 3.8) is 0 Å². The zero-order chi connectivity index (χ0) is 18.4. The predicted octanol–water partition coefficient (Wildman–Crippen LogP) is 2.26. The number of benzene rings is 1. The molecule has 1 aliphatic heterocycles. The molecule has 2 aromatic rings. The van der Waals surface area contributed by atoms with E-state index < -0.39 is 0 Å². The topological polar surface area (TPSA) is 66.7 Å². The van der Waals surface area contributed by atoms with Crippen molar-refractivity contribution >= 4 is 35.6 Å². The van der Waals surface area contributed by atoms with Crippen LogP contribution in [0.4, 0.5) is 5.69 Å². The molecule has 7 nitrogen and oxygen atoms in total. The maximum Gasteiger partial charge on any atom is 0.191 e. The molecule has 0 radical (unpaired) electrons. The minimum Gasteiger partial charge on any atom is -0.495 e. The van der Waals surface area contributed by atoms with Crippen LogP contribution in [0.3, 0.4) is 0 Å². The van der Waals surface area contributed by atoms with Crippen LogP contribution < -0.4 is 20.3 Å². The summed E-state index contributed by atoms with van der Waals surface area (Å²) in [5.74, 6) is 1.76. The van der Waals surface area contributed by atoms with Gasteiger partial charge < -0.3 is 20.3 Å². The van der Waals surface area contributed by atoms with Crippen molar-refractivity contribution in [3.05, 3.63) is 42.2 Å². The highest BCUT2D eigenvalue weighted by molar-refractivity contribution is 14.0. The molecule has 2 N–H and O–H groups in total. The number of aryl methyl sites for hydroxylation is 1. The van der Waals surface area contributed by atoms with Crippen molar-refractivity contribution in [3.8, 4) is 5.75 Å². The van der Waals surface area contributed by atoms with E-state index >= 15 is 0 Å². The first-order chi connectivity index (χ1) is 12.7. The van der Waals surface area contributed by atoms with Gasteiger partial charge in [-0.1, -0.05) is 12.1 Å². The highest BCUT2D eigenvalue weighted by Gasteiger charge is 2.25. The third kappa shape index (κ3) is 5.75. The number of anilines is 1. The zero-order valence-corrected chi connectivity index (χ0v) is 18.5. The maximum absolute atomic E-state index is 5.49. The number of ether oxygens (including phenoxy) is 1. The van der Waals surface area contributed by atoms with Gasteiger partial charge in [0.25, 0.3) is 0 Å². The maximum atomic E-state index is 5.49. The molecule has 27 heavy (non-hydrogen) atoms. The summed E-state index contributed by atoms with van der Waals surface area (Å²) in [4.78, 5) is 6.70. The second-order valence-electron chi connectivity index (χ2n) is 6.53. The number of para-hydroxylation sites is 2. The molecule has 0 spiro atoms. The van der Waals surface area contributed by atoms with Crippen molar-refractivity contribution in [2.45, 2.75) is 25.9 Å². The quantitative estimate of drug-likeness (QED) is 0.374. The summed E-state index contributed by atoms with van der Waals surface area (Å²) in [7, 11) is 3.53. The summed E-state index contributed by atoms with van der Waals surface area (Å²) in [6.07, 6.45) is 4.98. The molecule has 8 heteroatoms. The van der Waals surface area contributed by atoms with Gasteiger partial charge >= 0.3 is 0 Å². The number of guanidine groups is 1. The van der Waals surface area contributed by atoms with E-state index in [1.165, 1.54) is 5.56 Å². The van der Waals surface area contributed by atoms with Gasteiger partial charge in [-0.2, -0.15) is 5.10 Å². The minimum atomic E-state index is 0. The van der Waals surface area contributed by atoms with Gasteiger partial charge in [0.2, 0.25) is 0 Å². The normalized spacial score (nSPS) is 16.8. The van der Waals surface area contributed by atoms with Crippen LogP contribution in [-0.2, 0) is 6.54 Å². The second kappa shape index (κ2) is 10.4. The molecule has 0 aliphatic carbocycles. The van der Waals surface area contributed by atoms with Gasteiger partial charge in [0, 0.05) is 38.9 Å². The number of aliphatic imine (C=N–C) groups is 1. The Labute approximate surface area is 178 Å².